The second kappa shape index (κ2) is 15.8. The minimum atomic E-state index is -2.67. The summed E-state index contributed by atoms with van der Waals surface area (Å²) in [7, 11) is 1.92. The fourth-order valence-corrected chi connectivity index (χ4v) is 4.34. The molecule has 0 saturated heterocycles. The molecular formula is C21H32N2O9Si. The van der Waals surface area contributed by atoms with Crippen molar-refractivity contribution in [3.63, 3.8) is 0 Å². The van der Waals surface area contributed by atoms with Crippen molar-refractivity contribution in [1.82, 2.24) is 10.6 Å². The van der Waals surface area contributed by atoms with Crippen molar-refractivity contribution in [2.75, 3.05) is 41.2 Å². The number of alkyl carbamates (subject to hydrolysis) is 2. The first-order valence-electron chi connectivity index (χ1n) is 10.2. The molecule has 0 saturated carbocycles. The van der Waals surface area contributed by atoms with Gasteiger partial charge in [0.15, 0.2) is 0 Å². The van der Waals surface area contributed by atoms with Gasteiger partial charge in [-0.15, -0.1) is 0 Å². The molecule has 0 heterocycles. The van der Waals surface area contributed by atoms with Crippen molar-refractivity contribution in [1.29, 1.82) is 0 Å². The average molecular weight is 485 g/mol. The largest absolute Gasteiger partial charge is 0.500 e. The third kappa shape index (κ3) is 11.5. The number of hydrogen-bond acceptors (Lipinski definition) is 9. The lowest BCUT2D eigenvalue weighted by Gasteiger charge is -2.24. The van der Waals surface area contributed by atoms with E-state index < -0.39 is 27.0 Å². The molecule has 0 spiro atoms. The SMILES string of the molecule is C=CC(=O)OCCOC(=O)NCc1cccc(CNC(=O)OCCC[Si](OC)(OC)OC)c1. The minimum Gasteiger partial charge on any atom is -0.459 e. The van der Waals surface area contributed by atoms with Crippen molar-refractivity contribution >= 4 is 27.0 Å². The highest BCUT2D eigenvalue weighted by molar-refractivity contribution is 6.60. The Bertz CT molecular complexity index is 764. The number of carbonyl (C=O) groups is 3. The van der Waals surface area contributed by atoms with E-state index in [-0.39, 0.29) is 32.9 Å². The number of esters is 1. The lowest BCUT2D eigenvalue weighted by Crippen LogP contribution is -2.42. The number of amides is 2. The number of hydrogen-bond donors (Lipinski definition) is 2. The Hall–Kier alpha value is -2.93. The summed E-state index contributed by atoms with van der Waals surface area (Å²) in [6, 6.07) is 7.84. The first-order chi connectivity index (χ1) is 15.9. The lowest BCUT2D eigenvalue weighted by atomic mass is 10.1. The molecule has 0 unspecified atom stereocenters. The fraction of sp³-hybridized carbons (Fsp3) is 0.476. The highest BCUT2D eigenvalue weighted by Crippen LogP contribution is 2.14. The maximum atomic E-state index is 11.9. The zero-order valence-electron chi connectivity index (χ0n) is 19.2. The minimum absolute atomic E-state index is 0.0521. The van der Waals surface area contributed by atoms with Gasteiger partial charge in [0.05, 0.1) is 6.61 Å². The molecule has 33 heavy (non-hydrogen) atoms. The number of rotatable bonds is 15. The zero-order valence-corrected chi connectivity index (χ0v) is 20.2. The molecule has 12 heteroatoms. The predicted molar refractivity (Wildman–Crippen MR) is 120 cm³/mol. The summed E-state index contributed by atoms with van der Waals surface area (Å²) in [5, 5.41) is 5.27. The molecule has 184 valence electrons. The summed E-state index contributed by atoms with van der Waals surface area (Å²) in [6.45, 7) is 3.84. The molecule has 0 bridgehead atoms. The van der Waals surface area contributed by atoms with Crippen molar-refractivity contribution < 1.29 is 41.9 Å². The molecule has 2 N–H and O–H groups in total. The number of ether oxygens (including phenoxy) is 3. The number of carbonyl (C=O) groups excluding carboxylic acids is 3. The van der Waals surface area contributed by atoms with Crippen LogP contribution in [0, 0.1) is 0 Å². The van der Waals surface area contributed by atoms with Crippen LogP contribution in [0.3, 0.4) is 0 Å². The van der Waals surface area contributed by atoms with Crippen molar-refractivity contribution in [2.24, 2.45) is 0 Å². The molecule has 2 amide bonds. The third-order valence-corrected chi connectivity index (χ3v) is 7.22. The first kappa shape index (κ1) is 28.1. The molecule has 0 atom stereocenters. The Morgan fingerprint density at radius 2 is 1.39 bits per heavy atom. The van der Waals surface area contributed by atoms with Crippen LogP contribution in [0.15, 0.2) is 36.9 Å². The Kier molecular flexibility index (Phi) is 13.5. The topological polar surface area (TPSA) is 131 Å². The molecule has 1 rings (SSSR count). The van der Waals surface area contributed by atoms with Crippen molar-refractivity contribution in [3.8, 4) is 0 Å². The summed E-state index contributed by atoms with van der Waals surface area (Å²) in [4.78, 5) is 34.5. The predicted octanol–water partition coefficient (Wildman–Crippen LogP) is 2.14. The van der Waals surface area contributed by atoms with E-state index in [2.05, 4.69) is 17.2 Å². The molecule has 11 nitrogen and oxygen atoms in total. The monoisotopic (exact) mass is 484 g/mol. The molecule has 1 aromatic rings. The summed E-state index contributed by atoms with van der Waals surface area (Å²) in [6.07, 6.45) is 0.390. The van der Waals surface area contributed by atoms with Crippen molar-refractivity contribution in [3.05, 3.63) is 48.0 Å². The first-order valence-corrected chi connectivity index (χ1v) is 12.1. The van der Waals surface area contributed by atoms with Gasteiger partial charge < -0.3 is 38.1 Å². The van der Waals surface area contributed by atoms with Gasteiger partial charge >= 0.3 is 27.0 Å². The molecule has 1 aromatic carbocycles. The van der Waals surface area contributed by atoms with Gasteiger partial charge in [-0.3, -0.25) is 0 Å². The van der Waals surface area contributed by atoms with E-state index in [1.54, 1.807) is 0 Å². The van der Waals surface area contributed by atoms with Gasteiger partial charge in [-0.25, -0.2) is 14.4 Å². The van der Waals surface area contributed by atoms with Gasteiger partial charge in [0.1, 0.15) is 13.2 Å². The Labute approximate surface area is 194 Å². The van der Waals surface area contributed by atoms with Crippen LogP contribution in [0.25, 0.3) is 0 Å². The molecule has 0 fully saturated rings. The Morgan fingerprint density at radius 3 is 1.91 bits per heavy atom. The van der Waals surface area contributed by atoms with E-state index in [9.17, 15) is 14.4 Å². The molecule has 0 aromatic heterocycles. The average Bonchev–Trinajstić information content (AvgIpc) is 2.84. The Balaban J connectivity index is 2.29. The van der Waals surface area contributed by atoms with Crippen LogP contribution >= 0.6 is 0 Å². The van der Waals surface area contributed by atoms with Crippen LogP contribution in [-0.4, -0.2) is 68.1 Å². The molecular weight excluding hydrogens is 452 g/mol. The van der Waals surface area contributed by atoms with Gasteiger partial charge in [-0.2, -0.15) is 0 Å². The van der Waals surface area contributed by atoms with E-state index in [1.165, 1.54) is 21.3 Å². The smallest absolute Gasteiger partial charge is 0.459 e. The second-order valence-electron chi connectivity index (χ2n) is 6.57. The molecule has 0 aliphatic rings. The molecule has 0 radical (unpaired) electrons. The highest BCUT2D eigenvalue weighted by atomic mass is 28.4. The zero-order chi connectivity index (χ0) is 24.5. The highest BCUT2D eigenvalue weighted by Gasteiger charge is 2.37. The van der Waals surface area contributed by atoms with Crippen LogP contribution in [0.4, 0.5) is 9.59 Å². The summed E-state index contributed by atoms with van der Waals surface area (Å²) < 4.78 is 30.7. The summed E-state index contributed by atoms with van der Waals surface area (Å²) >= 11 is 0. The van der Waals surface area contributed by atoms with Crippen LogP contribution in [0.2, 0.25) is 6.04 Å². The van der Waals surface area contributed by atoms with E-state index >= 15 is 0 Å². The van der Waals surface area contributed by atoms with E-state index in [0.29, 0.717) is 12.5 Å². The molecule has 0 aliphatic carbocycles. The van der Waals surface area contributed by atoms with E-state index in [1.807, 2.05) is 24.3 Å². The normalized spacial score (nSPS) is 10.8. The van der Waals surface area contributed by atoms with Crippen LogP contribution in [0.1, 0.15) is 17.5 Å². The molecule has 0 aliphatic heterocycles. The van der Waals surface area contributed by atoms with Crippen molar-refractivity contribution in [2.45, 2.75) is 25.6 Å². The lowest BCUT2D eigenvalue weighted by molar-refractivity contribution is -0.138. The quantitative estimate of drug-likeness (QED) is 0.126. The third-order valence-electron chi connectivity index (χ3n) is 4.39. The number of benzene rings is 1. The maximum Gasteiger partial charge on any atom is 0.500 e. The summed E-state index contributed by atoms with van der Waals surface area (Å²) in [5.74, 6) is -0.583. The maximum absolute atomic E-state index is 11.9. The summed E-state index contributed by atoms with van der Waals surface area (Å²) in [5.41, 5.74) is 1.65. The van der Waals surface area contributed by atoms with Crippen LogP contribution in [0.5, 0.6) is 0 Å². The van der Waals surface area contributed by atoms with E-state index in [0.717, 1.165) is 17.2 Å². The van der Waals surface area contributed by atoms with Crippen LogP contribution < -0.4 is 10.6 Å². The standard InChI is InChI=1S/C21H32N2O9Si/c1-5-19(24)30-11-12-32-21(26)23-16-18-9-6-8-17(14-18)15-22-20(25)31-10-7-13-33(27-2,28-3)29-4/h5-6,8-9,14H,1,7,10-13,15-16H2,2-4H3,(H,22,25)(H,23,26). The van der Waals surface area contributed by atoms with Gasteiger partial charge in [-0.1, -0.05) is 30.8 Å². The van der Waals surface area contributed by atoms with Gasteiger partial charge in [0.2, 0.25) is 0 Å². The van der Waals surface area contributed by atoms with Crippen LogP contribution in [-0.2, 0) is 45.4 Å². The van der Waals surface area contributed by atoms with Gasteiger partial charge in [-0.05, 0) is 17.5 Å². The van der Waals surface area contributed by atoms with Gasteiger partial charge in [0.25, 0.3) is 0 Å². The fourth-order valence-electron chi connectivity index (χ4n) is 2.65. The number of nitrogens with one attached hydrogen (secondary N) is 2. The second-order valence-corrected chi connectivity index (χ2v) is 9.66. The van der Waals surface area contributed by atoms with E-state index in [4.69, 9.17) is 27.5 Å². The Morgan fingerprint density at radius 1 is 0.879 bits per heavy atom. The van der Waals surface area contributed by atoms with Gasteiger partial charge in [0, 0.05) is 46.5 Å².